The molecule has 1 rings (SSSR count). The highest BCUT2D eigenvalue weighted by atomic mass is 16.5. The molecule has 0 fully saturated rings. The lowest BCUT2D eigenvalue weighted by atomic mass is 9.78. The highest BCUT2D eigenvalue weighted by Gasteiger charge is 2.31. The van der Waals surface area contributed by atoms with Gasteiger partial charge in [0.2, 0.25) is 0 Å². The topological polar surface area (TPSA) is 63.6 Å². The Bertz CT molecular complexity index is 422. The molecular formula is C16H24O4. The van der Waals surface area contributed by atoms with Gasteiger partial charge in [-0.3, -0.25) is 9.59 Å². The Hall–Kier alpha value is -1.58. The van der Waals surface area contributed by atoms with Crippen molar-refractivity contribution in [3.05, 3.63) is 23.8 Å². The summed E-state index contributed by atoms with van der Waals surface area (Å²) in [5, 5.41) is 9.17. The normalized spacial score (nSPS) is 23.1. The first-order valence-electron chi connectivity index (χ1n) is 7.13. The highest BCUT2D eigenvalue weighted by Crippen LogP contribution is 2.34. The molecule has 0 radical (unpaired) electrons. The van der Waals surface area contributed by atoms with Crippen molar-refractivity contribution in [2.24, 2.45) is 11.3 Å². The van der Waals surface area contributed by atoms with Gasteiger partial charge in [0.05, 0.1) is 6.61 Å². The van der Waals surface area contributed by atoms with Crippen molar-refractivity contribution in [1.29, 1.82) is 0 Å². The van der Waals surface area contributed by atoms with Gasteiger partial charge < -0.3 is 9.84 Å². The van der Waals surface area contributed by atoms with Gasteiger partial charge in [0.1, 0.15) is 0 Å². The summed E-state index contributed by atoms with van der Waals surface area (Å²) in [5.41, 5.74) is 1.11. The molecule has 0 saturated heterocycles. The second-order valence-corrected chi connectivity index (χ2v) is 5.70. The van der Waals surface area contributed by atoms with Crippen molar-refractivity contribution in [2.45, 2.75) is 46.5 Å². The monoisotopic (exact) mass is 280 g/mol. The van der Waals surface area contributed by atoms with Crippen molar-refractivity contribution in [3.8, 4) is 0 Å². The van der Waals surface area contributed by atoms with E-state index in [2.05, 4.69) is 32.1 Å². The van der Waals surface area contributed by atoms with Crippen LogP contribution in [0.25, 0.3) is 0 Å². The molecule has 0 aromatic rings. The average Bonchev–Trinajstić information content (AvgIpc) is 2.35. The molecule has 1 N–H and O–H groups in total. The number of carbonyl (C=O) groups is 2. The minimum absolute atomic E-state index is 0.166. The minimum Gasteiger partial charge on any atom is -0.481 e. The summed E-state index contributed by atoms with van der Waals surface area (Å²) in [7, 11) is 0. The van der Waals surface area contributed by atoms with E-state index in [-0.39, 0.29) is 12.0 Å². The summed E-state index contributed by atoms with van der Waals surface area (Å²) in [6.07, 6.45) is 8.90. The van der Waals surface area contributed by atoms with Crippen LogP contribution in [0.1, 0.15) is 46.5 Å². The van der Waals surface area contributed by atoms with Crippen LogP contribution in [-0.4, -0.2) is 23.7 Å². The van der Waals surface area contributed by atoms with Gasteiger partial charge in [-0.1, -0.05) is 37.6 Å². The molecule has 0 saturated carbocycles. The van der Waals surface area contributed by atoms with Gasteiger partial charge in [0.25, 0.3) is 0 Å². The first-order chi connectivity index (χ1) is 9.38. The summed E-state index contributed by atoms with van der Waals surface area (Å²) < 4.78 is 4.96. The number of hydrogen-bond donors (Lipinski definition) is 1. The Balaban J connectivity index is 2.63. The lowest BCUT2D eigenvalue weighted by molar-refractivity contribution is -0.159. The molecule has 4 heteroatoms. The zero-order valence-electron chi connectivity index (χ0n) is 12.5. The fourth-order valence-corrected chi connectivity index (χ4v) is 2.44. The Labute approximate surface area is 120 Å². The number of carboxylic acid groups (broad SMARTS) is 1. The van der Waals surface area contributed by atoms with Crippen LogP contribution < -0.4 is 0 Å². The van der Waals surface area contributed by atoms with Crippen LogP contribution >= 0.6 is 0 Å². The average molecular weight is 280 g/mol. The smallest absolute Gasteiger partial charge is 0.320 e. The van der Waals surface area contributed by atoms with E-state index in [1.807, 2.05) is 6.92 Å². The lowest BCUT2D eigenvalue weighted by Crippen LogP contribution is -2.28. The van der Waals surface area contributed by atoms with Gasteiger partial charge in [-0.2, -0.15) is 0 Å². The van der Waals surface area contributed by atoms with Crippen molar-refractivity contribution < 1.29 is 19.4 Å². The van der Waals surface area contributed by atoms with Crippen LogP contribution in [0, 0.1) is 11.3 Å². The maximum atomic E-state index is 11.7. The maximum absolute atomic E-state index is 11.7. The summed E-state index contributed by atoms with van der Waals surface area (Å²) in [4.78, 5) is 23.0. The lowest BCUT2D eigenvalue weighted by Gasteiger charge is -2.27. The van der Waals surface area contributed by atoms with E-state index in [1.165, 1.54) is 5.57 Å². The summed E-state index contributed by atoms with van der Waals surface area (Å²) in [5.74, 6) is -2.79. The number of rotatable bonds is 7. The molecule has 0 aromatic heterocycles. The third-order valence-corrected chi connectivity index (χ3v) is 3.52. The van der Waals surface area contributed by atoms with Crippen molar-refractivity contribution >= 4 is 11.9 Å². The second-order valence-electron chi connectivity index (χ2n) is 5.70. The molecule has 0 spiro atoms. The molecule has 1 aliphatic rings. The van der Waals surface area contributed by atoms with Crippen molar-refractivity contribution in [1.82, 2.24) is 0 Å². The van der Waals surface area contributed by atoms with Gasteiger partial charge >= 0.3 is 11.9 Å². The number of ether oxygens (including phenoxy) is 1. The van der Waals surface area contributed by atoms with E-state index < -0.39 is 17.9 Å². The molecular weight excluding hydrogens is 256 g/mol. The SMILES string of the molecule is CCCOC(=O)C(CCC1(C)C=CCC(C)=C1)C(=O)O. The molecule has 0 aromatic carbocycles. The van der Waals surface area contributed by atoms with Crippen LogP contribution in [-0.2, 0) is 14.3 Å². The van der Waals surface area contributed by atoms with E-state index in [0.717, 1.165) is 6.42 Å². The number of hydrogen-bond acceptors (Lipinski definition) is 3. The van der Waals surface area contributed by atoms with Crippen LogP contribution in [0.2, 0.25) is 0 Å². The molecule has 1 aliphatic carbocycles. The fraction of sp³-hybridized carbons (Fsp3) is 0.625. The number of allylic oxidation sites excluding steroid dienone is 4. The maximum Gasteiger partial charge on any atom is 0.320 e. The van der Waals surface area contributed by atoms with E-state index >= 15 is 0 Å². The Morgan fingerprint density at radius 3 is 2.75 bits per heavy atom. The first kappa shape index (κ1) is 16.5. The summed E-state index contributed by atoms with van der Waals surface area (Å²) in [6, 6.07) is 0. The highest BCUT2D eigenvalue weighted by molar-refractivity contribution is 5.93. The Kier molecular flexibility index (Phi) is 5.99. The standard InChI is InChI=1S/C16H24O4/c1-4-10-20-15(19)13(14(17)18)7-9-16(3)8-5-6-12(2)11-16/h5,8,11,13H,4,6-7,9-10H2,1-3H3,(H,17,18). The van der Waals surface area contributed by atoms with E-state index in [0.29, 0.717) is 19.3 Å². The molecule has 2 atom stereocenters. The Morgan fingerprint density at radius 1 is 1.50 bits per heavy atom. The molecule has 0 bridgehead atoms. The quantitative estimate of drug-likeness (QED) is 0.441. The van der Waals surface area contributed by atoms with Crippen LogP contribution in [0.5, 0.6) is 0 Å². The Morgan fingerprint density at radius 2 is 2.20 bits per heavy atom. The van der Waals surface area contributed by atoms with E-state index in [1.54, 1.807) is 0 Å². The third-order valence-electron chi connectivity index (χ3n) is 3.52. The second kappa shape index (κ2) is 7.27. The van der Waals surface area contributed by atoms with Crippen LogP contribution in [0.4, 0.5) is 0 Å². The van der Waals surface area contributed by atoms with Gasteiger partial charge in [0, 0.05) is 5.41 Å². The zero-order valence-corrected chi connectivity index (χ0v) is 12.5. The molecule has 20 heavy (non-hydrogen) atoms. The van der Waals surface area contributed by atoms with E-state index in [9.17, 15) is 14.7 Å². The molecule has 4 nitrogen and oxygen atoms in total. The zero-order chi connectivity index (χ0) is 15.2. The summed E-state index contributed by atoms with van der Waals surface area (Å²) >= 11 is 0. The third kappa shape index (κ3) is 4.83. The molecule has 2 unspecified atom stereocenters. The number of carboxylic acids is 1. The van der Waals surface area contributed by atoms with Gasteiger partial charge in [-0.05, 0) is 32.6 Å². The number of esters is 1. The van der Waals surface area contributed by atoms with Gasteiger partial charge in [-0.25, -0.2) is 0 Å². The van der Waals surface area contributed by atoms with Crippen LogP contribution in [0.3, 0.4) is 0 Å². The van der Waals surface area contributed by atoms with Crippen molar-refractivity contribution in [3.63, 3.8) is 0 Å². The van der Waals surface area contributed by atoms with Crippen LogP contribution in [0.15, 0.2) is 23.8 Å². The first-order valence-corrected chi connectivity index (χ1v) is 7.13. The predicted octanol–water partition coefficient (Wildman–Crippen LogP) is 3.33. The molecule has 0 amide bonds. The minimum atomic E-state index is -1.10. The van der Waals surface area contributed by atoms with Gasteiger partial charge in [0.15, 0.2) is 5.92 Å². The fourth-order valence-electron chi connectivity index (χ4n) is 2.44. The van der Waals surface area contributed by atoms with Gasteiger partial charge in [-0.15, -0.1) is 0 Å². The summed E-state index contributed by atoms with van der Waals surface area (Å²) in [6.45, 7) is 6.28. The van der Waals surface area contributed by atoms with Crippen molar-refractivity contribution in [2.75, 3.05) is 6.61 Å². The van der Waals surface area contributed by atoms with E-state index in [4.69, 9.17) is 4.74 Å². The molecule has 112 valence electrons. The number of aliphatic carboxylic acids is 1. The largest absolute Gasteiger partial charge is 0.481 e. The number of carbonyl (C=O) groups excluding carboxylic acids is 1. The molecule has 0 heterocycles. The molecule has 0 aliphatic heterocycles. The predicted molar refractivity (Wildman–Crippen MR) is 77.2 cm³/mol.